The summed E-state index contributed by atoms with van der Waals surface area (Å²) in [7, 11) is 2.98. The summed E-state index contributed by atoms with van der Waals surface area (Å²) in [5.41, 5.74) is -2.40. The lowest BCUT2D eigenvalue weighted by Gasteiger charge is -2.11. The van der Waals surface area contributed by atoms with Crippen LogP contribution in [0.1, 0.15) is 26.3 Å². The molecule has 0 saturated heterocycles. The number of halogens is 3. The number of rotatable bonds is 8. The molecule has 1 N–H and O–H groups in total. The topological polar surface area (TPSA) is 73.9 Å². The molecule has 32 heavy (non-hydrogen) atoms. The number of hydrogen-bond acceptors (Lipinski definition) is 5. The van der Waals surface area contributed by atoms with E-state index in [1.165, 1.54) is 62.8 Å². The number of ether oxygens (including phenoxy) is 3. The highest BCUT2D eigenvalue weighted by Crippen LogP contribution is 2.27. The van der Waals surface area contributed by atoms with Crippen LogP contribution in [-0.4, -0.2) is 31.5 Å². The Kier molecular flexibility index (Phi) is 6.95. The second-order valence-electron chi connectivity index (χ2n) is 6.53. The fourth-order valence-electron chi connectivity index (χ4n) is 2.82. The van der Waals surface area contributed by atoms with Gasteiger partial charge in [-0.1, -0.05) is 12.1 Å². The maximum atomic E-state index is 12.8. The van der Waals surface area contributed by atoms with Gasteiger partial charge in [0.05, 0.1) is 14.2 Å². The van der Waals surface area contributed by atoms with Crippen LogP contribution < -0.4 is 19.5 Å². The average molecular weight is 462 g/mol. The second-order valence-corrected chi connectivity index (χ2v) is 6.97. The van der Waals surface area contributed by atoms with Crippen molar-refractivity contribution >= 4 is 29.0 Å². The summed E-state index contributed by atoms with van der Waals surface area (Å²) in [6, 6.07) is 16.2. The summed E-state index contributed by atoms with van der Waals surface area (Å²) < 4.78 is 39.9. The molecule has 0 atom stereocenters. The summed E-state index contributed by atoms with van der Waals surface area (Å²) in [5, 5.41) is 2.63. The molecule has 0 unspecified atom stereocenters. The fourth-order valence-corrected chi connectivity index (χ4v) is 2.91. The first kappa shape index (κ1) is 23.0. The van der Waals surface area contributed by atoms with Crippen LogP contribution >= 0.6 is 11.6 Å². The van der Waals surface area contributed by atoms with Gasteiger partial charge in [-0.25, -0.2) is 0 Å². The maximum Gasteiger partial charge on any atom is 0.487 e. The van der Waals surface area contributed by atoms with Gasteiger partial charge in [-0.05, 0) is 48.5 Å². The highest BCUT2D eigenvalue weighted by atomic mass is 35.5. The smallest absolute Gasteiger partial charge is 0.487 e. The molecule has 9 heteroatoms. The summed E-state index contributed by atoms with van der Waals surface area (Å²) >= 11 is 4.71. The van der Waals surface area contributed by atoms with Crippen molar-refractivity contribution in [1.29, 1.82) is 0 Å². The van der Waals surface area contributed by atoms with E-state index in [4.69, 9.17) is 21.1 Å². The zero-order chi connectivity index (χ0) is 23.3. The normalized spacial score (nSPS) is 10.9. The van der Waals surface area contributed by atoms with Gasteiger partial charge in [0.1, 0.15) is 17.2 Å². The molecule has 0 aromatic heterocycles. The number of nitrogens with one attached hydrogen (secondary N) is 1. The standard InChI is InChI=1S/C23H18ClF2NO5/c1-30-19-11-16(12-20(13-19)31-2)21(28)14-3-5-15(6-4-14)22(29)27-17-7-9-18(10-8-17)32-23(24,25)26/h3-13H,1-2H3,(H,27,29). The van der Waals surface area contributed by atoms with E-state index in [2.05, 4.69) is 10.1 Å². The molecule has 0 saturated carbocycles. The minimum Gasteiger partial charge on any atom is -0.497 e. The van der Waals surface area contributed by atoms with Crippen molar-refractivity contribution in [2.75, 3.05) is 19.5 Å². The molecule has 0 aliphatic rings. The van der Waals surface area contributed by atoms with Gasteiger partial charge in [-0.15, -0.1) is 8.78 Å². The minimum atomic E-state index is -3.82. The van der Waals surface area contributed by atoms with E-state index in [0.717, 1.165) is 0 Å². The van der Waals surface area contributed by atoms with Crippen LogP contribution in [0.25, 0.3) is 0 Å². The van der Waals surface area contributed by atoms with Crippen molar-refractivity contribution in [3.8, 4) is 17.2 Å². The quantitative estimate of drug-likeness (QED) is 0.361. The van der Waals surface area contributed by atoms with E-state index in [-0.39, 0.29) is 11.5 Å². The van der Waals surface area contributed by atoms with E-state index in [9.17, 15) is 18.4 Å². The molecule has 0 radical (unpaired) electrons. The number of carbonyl (C=O) groups is 2. The Morgan fingerprint density at radius 1 is 0.781 bits per heavy atom. The molecule has 6 nitrogen and oxygen atoms in total. The average Bonchev–Trinajstić information content (AvgIpc) is 2.78. The highest BCUT2D eigenvalue weighted by molar-refractivity contribution is 6.20. The van der Waals surface area contributed by atoms with Crippen LogP contribution in [0, 0.1) is 0 Å². The van der Waals surface area contributed by atoms with Crippen molar-refractivity contribution in [3.63, 3.8) is 0 Å². The largest absolute Gasteiger partial charge is 0.497 e. The van der Waals surface area contributed by atoms with E-state index in [1.54, 1.807) is 18.2 Å². The lowest BCUT2D eigenvalue weighted by atomic mass is 10.0. The van der Waals surface area contributed by atoms with Gasteiger partial charge in [0.15, 0.2) is 5.78 Å². The summed E-state index contributed by atoms with van der Waals surface area (Å²) in [6.07, 6.45) is 0. The van der Waals surface area contributed by atoms with Gasteiger partial charge in [0.25, 0.3) is 5.91 Å². The van der Waals surface area contributed by atoms with E-state index >= 15 is 0 Å². The Morgan fingerprint density at radius 3 is 1.81 bits per heavy atom. The zero-order valence-corrected chi connectivity index (χ0v) is 17.8. The first-order valence-corrected chi connectivity index (χ1v) is 9.61. The number of methoxy groups -OCH3 is 2. The molecular weight excluding hydrogens is 444 g/mol. The molecule has 3 aromatic carbocycles. The van der Waals surface area contributed by atoms with Gasteiger partial charge in [-0.2, -0.15) is 0 Å². The summed E-state index contributed by atoms with van der Waals surface area (Å²) in [5.74, 6) is 0.106. The second kappa shape index (κ2) is 9.65. The number of amides is 1. The van der Waals surface area contributed by atoms with Crippen molar-refractivity contribution in [1.82, 2.24) is 0 Å². The predicted molar refractivity (Wildman–Crippen MR) is 115 cm³/mol. The first-order chi connectivity index (χ1) is 15.2. The summed E-state index contributed by atoms with van der Waals surface area (Å²) in [6.45, 7) is 0. The Balaban J connectivity index is 1.70. The number of anilines is 1. The van der Waals surface area contributed by atoms with Crippen molar-refractivity contribution in [2.45, 2.75) is 5.57 Å². The number of alkyl halides is 3. The summed E-state index contributed by atoms with van der Waals surface area (Å²) in [4.78, 5) is 25.2. The molecule has 0 fully saturated rings. The van der Waals surface area contributed by atoms with Gasteiger partial charge in [0, 0.05) is 40.0 Å². The Morgan fingerprint density at radius 2 is 1.31 bits per heavy atom. The van der Waals surface area contributed by atoms with Crippen LogP contribution in [0.3, 0.4) is 0 Å². The minimum absolute atomic E-state index is 0.153. The van der Waals surface area contributed by atoms with Crippen LogP contribution in [-0.2, 0) is 0 Å². The number of carbonyl (C=O) groups excluding carboxylic acids is 2. The first-order valence-electron chi connectivity index (χ1n) is 9.23. The van der Waals surface area contributed by atoms with Gasteiger partial charge in [0.2, 0.25) is 0 Å². The molecule has 0 aliphatic carbocycles. The monoisotopic (exact) mass is 461 g/mol. The van der Waals surface area contributed by atoms with Crippen LogP contribution in [0.5, 0.6) is 17.2 Å². The van der Waals surface area contributed by atoms with E-state index in [0.29, 0.717) is 33.9 Å². The van der Waals surface area contributed by atoms with Crippen molar-refractivity contribution < 1.29 is 32.6 Å². The lowest BCUT2D eigenvalue weighted by molar-refractivity contribution is -0.0964. The Hall–Kier alpha value is -3.65. The van der Waals surface area contributed by atoms with E-state index in [1.807, 2.05) is 0 Å². The third-order valence-corrected chi connectivity index (χ3v) is 4.45. The Bertz CT molecular complexity index is 1090. The molecule has 3 rings (SSSR count). The molecule has 0 heterocycles. The lowest BCUT2D eigenvalue weighted by Crippen LogP contribution is -2.15. The highest BCUT2D eigenvalue weighted by Gasteiger charge is 2.27. The number of hydrogen-bond donors (Lipinski definition) is 1. The Labute approximate surface area is 187 Å². The molecule has 0 spiro atoms. The molecular formula is C23H18ClF2NO5. The maximum absolute atomic E-state index is 12.8. The zero-order valence-electron chi connectivity index (χ0n) is 17.0. The van der Waals surface area contributed by atoms with Gasteiger partial charge < -0.3 is 19.5 Å². The van der Waals surface area contributed by atoms with Crippen LogP contribution in [0.2, 0.25) is 0 Å². The molecule has 3 aromatic rings. The fraction of sp³-hybridized carbons (Fsp3) is 0.130. The molecule has 0 aliphatic heterocycles. The third-order valence-electron chi connectivity index (χ3n) is 4.37. The SMILES string of the molecule is COc1cc(OC)cc(C(=O)c2ccc(C(=O)Nc3ccc(OC(F)(F)Cl)cc3)cc2)c1. The van der Waals surface area contributed by atoms with Gasteiger partial charge in [-0.3, -0.25) is 9.59 Å². The third kappa shape index (κ3) is 5.95. The molecule has 1 amide bonds. The van der Waals surface area contributed by atoms with Gasteiger partial charge >= 0.3 is 5.57 Å². The van der Waals surface area contributed by atoms with Crippen molar-refractivity contribution in [2.24, 2.45) is 0 Å². The molecule has 166 valence electrons. The number of benzene rings is 3. The molecule has 0 bridgehead atoms. The van der Waals surface area contributed by atoms with E-state index < -0.39 is 11.5 Å². The predicted octanol–water partition coefficient (Wildman–Crippen LogP) is 5.36. The van der Waals surface area contributed by atoms with Crippen LogP contribution in [0.4, 0.5) is 14.5 Å². The van der Waals surface area contributed by atoms with Crippen LogP contribution in [0.15, 0.2) is 66.7 Å². The number of ketones is 1. The van der Waals surface area contributed by atoms with Crippen molar-refractivity contribution in [3.05, 3.63) is 83.4 Å².